The fourth-order valence-corrected chi connectivity index (χ4v) is 6.58. The first-order chi connectivity index (χ1) is 22.9. The largest absolute Gasteiger partial charge is 0.479 e. The molecule has 14 heteroatoms. The van der Waals surface area contributed by atoms with E-state index in [9.17, 15) is 49.5 Å². The van der Waals surface area contributed by atoms with E-state index in [4.69, 9.17) is 18.9 Å². The van der Waals surface area contributed by atoms with Gasteiger partial charge < -0.3 is 44.5 Å². The molecule has 1 aromatic rings. The molecular formula is C35H46O14. The van der Waals surface area contributed by atoms with Gasteiger partial charge in [-0.05, 0) is 42.2 Å². The summed E-state index contributed by atoms with van der Waals surface area (Å²) in [6, 6.07) is 9.29. The van der Waals surface area contributed by atoms with Crippen molar-refractivity contribution in [2.75, 3.05) is 0 Å². The number of carboxylic acid groups (broad SMARTS) is 3. The SMILES string of the molecule is C=[13C]([13CH2][13CH2][13C@]12O[13C@H]([13C](=O)O)[13C@@](O)([13C](=O)O)[13C@]([13C](=O)O)(O1)[13C@H](O[13C](=O)/[13CH]=[13CH]/[13C@@H](C)[13CH2][13C@@H](C)[13CH2][13CH3])[13C@H]2O)[13C@@H](OC(C)=O)[13C@H](C)Cc1ccccc1. The molecular weight excluding hydrogens is 666 g/mol. The molecule has 2 heterocycles. The van der Waals surface area contributed by atoms with Crippen LogP contribution in [0.4, 0.5) is 0 Å². The fourth-order valence-electron chi connectivity index (χ4n) is 6.58. The number of rotatable bonds is 17. The molecule has 1 aromatic carbocycles. The average Bonchev–Trinajstić information content (AvgIpc) is 3.25. The van der Waals surface area contributed by atoms with Crippen molar-refractivity contribution in [1.29, 1.82) is 0 Å². The molecule has 14 nitrogen and oxygen atoms in total. The number of aliphatic hydroxyl groups excluding tert-OH is 1. The molecule has 5 N–H and O–H groups in total. The quantitative estimate of drug-likeness (QED) is 0.0678. The summed E-state index contributed by atoms with van der Waals surface area (Å²) in [7, 11) is 0. The number of fused-ring (bicyclic) bond motifs is 2. The monoisotopic (exact) mass is 712 g/mol. The Labute approximate surface area is 284 Å². The zero-order valence-corrected chi connectivity index (χ0v) is 28.2. The zero-order valence-electron chi connectivity index (χ0n) is 28.2. The van der Waals surface area contributed by atoms with Gasteiger partial charge in [-0.3, -0.25) is 4.79 Å². The van der Waals surface area contributed by atoms with E-state index < -0.39 is 77.7 Å². The van der Waals surface area contributed by atoms with Crippen molar-refractivity contribution in [3.05, 3.63) is 60.2 Å². The molecule has 0 unspecified atom stereocenters. The lowest BCUT2D eigenvalue weighted by molar-refractivity contribution is -0.374. The van der Waals surface area contributed by atoms with E-state index in [1.54, 1.807) is 6.92 Å². The summed E-state index contributed by atoms with van der Waals surface area (Å²) in [5.74, 6) is -11.3. The van der Waals surface area contributed by atoms with E-state index >= 15 is 0 Å². The molecule has 270 valence electrons. The maximum atomic E-state index is 13.0. The standard InChI is InChI=1S/C35H46O14/c1-7-19(2)17-20(3)13-14-25(37)47-28-27(38)33(48-29(30(39)40)34(45,31(41)42)35(28,49-33)32(43)44)16-15-21(4)26(46-23(6)36)22(5)18-24-11-9-8-10-12-24/h8-14,19-20,22,26-29,38,45H,4,7,15-18H2,1-3,5-6H3,(H,39,40)(H,41,42)(H,43,44)/b14-13+/t19-,20+,22+,26+,27+,28+,29+,33-,34+,35-/m0/s1/i1+1,7+1,13+1,14+1,15+1,16+1,17+1,19+1,20+1,21+1,22+1,25+1,26+1,27+1,28+1,29+1,30+1,31+1,32+1,33+1,34+1,35+1. The molecule has 3 rings (SSSR count). The number of aliphatic carboxylic acids is 3. The van der Waals surface area contributed by atoms with Crippen molar-refractivity contribution in [3.63, 3.8) is 0 Å². The van der Waals surface area contributed by atoms with E-state index in [0.717, 1.165) is 18.1 Å². The van der Waals surface area contributed by atoms with E-state index in [0.29, 0.717) is 18.8 Å². The minimum Gasteiger partial charge on any atom is -0.479 e. The number of carbonyl (C=O) groups excluding carboxylic acids is 2. The summed E-state index contributed by atoms with van der Waals surface area (Å²) >= 11 is 0. The van der Waals surface area contributed by atoms with Crippen molar-refractivity contribution in [3.8, 4) is 0 Å². The van der Waals surface area contributed by atoms with Gasteiger partial charge in [0.1, 0.15) is 12.2 Å². The van der Waals surface area contributed by atoms with Crippen molar-refractivity contribution < 1.29 is 68.5 Å². The first-order valence-electron chi connectivity index (χ1n) is 16.1. The minimum absolute atomic E-state index is 0.123. The first kappa shape index (κ1) is 39.3. The molecule has 0 aliphatic carbocycles. The highest BCUT2D eigenvalue weighted by Crippen LogP contribution is 2.56. The minimum atomic E-state index is -3.90. The average molecular weight is 713 g/mol. The predicted octanol–water partition coefficient (Wildman–Crippen LogP) is 2.88. The van der Waals surface area contributed by atoms with Crippen LogP contribution in [-0.4, -0.2) is 96.8 Å². The zero-order chi connectivity index (χ0) is 36.9. The predicted molar refractivity (Wildman–Crippen MR) is 171 cm³/mol. The Bertz CT molecular complexity index is 1440. The first-order valence-corrected chi connectivity index (χ1v) is 16.1. The fraction of sp³-hybridized carbons (Fsp3) is 0.571. The Balaban J connectivity index is 2.02. The van der Waals surface area contributed by atoms with E-state index in [1.807, 2.05) is 51.1 Å². The van der Waals surface area contributed by atoms with Gasteiger partial charge in [-0.2, -0.15) is 0 Å². The van der Waals surface area contributed by atoms with E-state index in [1.165, 1.54) is 13.0 Å². The number of aliphatic hydroxyl groups is 2. The van der Waals surface area contributed by atoms with Crippen molar-refractivity contribution >= 4 is 29.8 Å². The summed E-state index contributed by atoms with van der Waals surface area (Å²) < 4.78 is 22.0. The van der Waals surface area contributed by atoms with Crippen LogP contribution >= 0.6 is 0 Å². The molecule has 10 atom stereocenters. The van der Waals surface area contributed by atoms with Gasteiger partial charge in [-0.15, -0.1) is 0 Å². The topological polar surface area (TPSA) is 223 Å². The van der Waals surface area contributed by atoms with Gasteiger partial charge >= 0.3 is 29.8 Å². The van der Waals surface area contributed by atoms with Crippen molar-refractivity contribution in [2.24, 2.45) is 17.8 Å². The van der Waals surface area contributed by atoms with Crippen LogP contribution in [0, 0.1) is 17.8 Å². The Kier molecular flexibility index (Phi) is 12.5. The van der Waals surface area contributed by atoms with Crippen LogP contribution in [-0.2, 0) is 49.3 Å². The third-order valence-electron chi connectivity index (χ3n) is 9.29. The molecule has 0 amide bonds. The third-order valence-corrected chi connectivity index (χ3v) is 9.29. The summed E-state index contributed by atoms with van der Waals surface area (Å²) in [5, 5.41) is 53.5. The van der Waals surface area contributed by atoms with Crippen LogP contribution < -0.4 is 0 Å². The number of esters is 2. The molecule has 2 saturated heterocycles. The molecule has 2 fully saturated rings. The molecule has 0 spiro atoms. The van der Waals surface area contributed by atoms with Gasteiger partial charge in [0, 0.05) is 25.3 Å². The molecule has 0 aromatic heterocycles. The molecule has 0 radical (unpaired) electrons. The summed E-state index contributed by atoms with van der Waals surface area (Å²) in [4.78, 5) is 63.0. The van der Waals surface area contributed by atoms with Crippen molar-refractivity contribution in [2.45, 2.75) is 108 Å². The van der Waals surface area contributed by atoms with Crippen molar-refractivity contribution in [1.82, 2.24) is 0 Å². The molecule has 2 bridgehead atoms. The molecule has 49 heavy (non-hydrogen) atoms. The number of ether oxygens (including phenoxy) is 4. The third kappa shape index (κ3) is 7.88. The highest BCUT2D eigenvalue weighted by atomic mass is 17.0. The maximum Gasteiger partial charge on any atom is 0.344 e. The van der Waals surface area contributed by atoms with E-state index in [-0.39, 0.29) is 23.8 Å². The Morgan fingerprint density at radius 3 is 2.20 bits per heavy atom. The second-order valence-electron chi connectivity index (χ2n) is 13.1. The molecule has 0 saturated carbocycles. The van der Waals surface area contributed by atoms with Gasteiger partial charge in [0.2, 0.25) is 23.1 Å². The van der Waals surface area contributed by atoms with Gasteiger partial charge in [-0.1, -0.05) is 77.1 Å². The van der Waals surface area contributed by atoms with Crippen LogP contribution in [0.15, 0.2) is 54.6 Å². The normalized spacial score (nSPS) is 30.1. The van der Waals surface area contributed by atoms with Gasteiger partial charge in [0.15, 0.2) is 6.10 Å². The Hall–Kier alpha value is -4.11. The highest BCUT2D eigenvalue weighted by Gasteiger charge is 2.85. The van der Waals surface area contributed by atoms with E-state index in [2.05, 4.69) is 6.58 Å². The highest BCUT2D eigenvalue weighted by molar-refractivity contribution is 5.98. The van der Waals surface area contributed by atoms with Crippen LogP contribution in [0.1, 0.15) is 65.9 Å². The smallest absolute Gasteiger partial charge is 0.344 e. The van der Waals surface area contributed by atoms with Crippen LogP contribution in [0.5, 0.6) is 0 Å². The number of allylic oxidation sites excluding steroid dienone is 1. The van der Waals surface area contributed by atoms with Crippen LogP contribution in [0.3, 0.4) is 0 Å². The number of carboxylic acids is 3. The molecule has 2 aliphatic rings. The molecule has 2 aliphatic heterocycles. The van der Waals surface area contributed by atoms with Gasteiger partial charge in [0.05, 0.1) is 0 Å². The second kappa shape index (κ2) is 15.6. The summed E-state index contributed by atoms with van der Waals surface area (Å²) in [5.41, 5.74) is -6.27. The van der Waals surface area contributed by atoms with Crippen LogP contribution in [0.2, 0.25) is 0 Å². The van der Waals surface area contributed by atoms with Crippen LogP contribution in [0.25, 0.3) is 0 Å². The summed E-state index contributed by atoms with van der Waals surface area (Å²) in [6.07, 6.45) is -4.83. The second-order valence-corrected chi connectivity index (χ2v) is 13.1. The maximum absolute atomic E-state index is 13.0. The lowest BCUT2D eigenvalue weighted by atomic mass is 10.2. The number of hydrogen-bond acceptors (Lipinski definition) is 11. The number of benzene rings is 1. The summed E-state index contributed by atoms with van der Waals surface area (Å²) in [6.45, 7) is 12.9. The lowest BCUT2D eigenvalue weighted by Gasteiger charge is -2.48. The Morgan fingerprint density at radius 2 is 1.67 bits per heavy atom. The van der Waals surface area contributed by atoms with Gasteiger partial charge in [-0.25, -0.2) is 19.2 Å². The Morgan fingerprint density at radius 1 is 1.04 bits per heavy atom. The van der Waals surface area contributed by atoms with Gasteiger partial charge in [0.25, 0.3) is 0 Å². The number of carbonyl (C=O) groups is 5. The number of hydrogen-bond donors (Lipinski definition) is 5. The lowest BCUT2D eigenvalue weighted by Crippen LogP contribution is -2.78.